The Hall–Kier alpha value is -2.39. The largest absolute Gasteiger partial charge is 0.497 e. The van der Waals surface area contributed by atoms with E-state index < -0.39 is 0 Å². The minimum atomic E-state index is -0.117. The van der Waals surface area contributed by atoms with Crippen molar-refractivity contribution in [2.45, 2.75) is 12.1 Å². The molecule has 0 spiro atoms. The number of thiazole rings is 1. The summed E-state index contributed by atoms with van der Waals surface area (Å²) in [5.74, 6) is 1.65. The number of carbonyl (C=O) groups is 1. The molecule has 0 atom stereocenters. The highest BCUT2D eigenvalue weighted by molar-refractivity contribution is 7.99. The van der Waals surface area contributed by atoms with E-state index >= 15 is 0 Å². The molecular formula is C16H17N5O2S2. The molecule has 7 nitrogen and oxygen atoms in total. The monoisotopic (exact) mass is 375 g/mol. The number of hydrogen-bond donors (Lipinski definition) is 1. The summed E-state index contributed by atoms with van der Waals surface area (Å²) in [6.45, 7) is 1.89. The normalized spacial score (nSPS) is 10.7. The number of thioether (sulfide) groups is 1. The van der Waals surface area contributed by atoms with Gasteiger partial charge in [-0.3, -0.25) is 4.79 Å². The highest BCUT2D eigenvalue weighted by atomic mass is 32.2. The minimum Gasteiger partial charge on any atom is -0.497 e. The molecule has 0 unspecified atom stereocenters. The van der Waals surface area contributed by atoms with Crippen molar-refractivity contribution in [2.24, 2.45) is 7.05 Å². The van der Waals surface area contributed by atoms with Crippen LogP contribution in [0.25, 0.3) is 11.4 Å². The van der Waals surface area contributed by atoms with Crippen LogP contribution in [-0.2, 0) is 11.8 Å². The second-order valence-corrected chi connectivity index (χ2v) is 7.03. The van der Waals surface area contributed by atoms with Crippen LogP contribution < -0.4 is 10.1 Å². The molecule has 0 aliphatic rings. The average Bonchev–Trinajstić information content (AvgIpc) is 3.19. The molecule has 9 heteroatoms. The van der Waals surface area contributed by atoms with Gasteiger partial charge in [-0.2, -0.15) is 0 Å². The van der Waals surface area contributed by atoms with Gasteiger partial charge in [-0.15, -0.1) is 21.5 Å². The van der Waals surface area contributed by atoms with Crippen molar-refractivity contribution < 1.29 is 9.53 Å². The summed E-state index contributed by atoms with van der Waals surface area (Å²) in [5.41, 5.74) is 1.83. The molecule has 3 aromatic rings. The number of hydrogen-bond acceptors (Lipinski definition) is 7. The first kappa shape index (κ1) is 17.4. The predicted molar refractivity (Wildman–Crippen MR) is 99.2 cm³/mol. The number of ether oxygens (including phenoxy) is 1. The van der Waals surface area contributed by atoms with Crippen molar-refractivity contribution in [3.8, 4) is 17.1 Å². The molecule has 0 saturated heterocycles. The number of carbonyl (C=O) groups excluding carboxylic acids is 1. The lowest BCUT2D eigenvalue weighted by molar-refractivity contribution is -0.113. The zero-order valence-electron chi connectivity index (χ0n) is 14.0. The second kappa shape index (κ2) is 7.66. The first-order chi connectivity index (χ1) is 12.1. The third kappa shape index (κ3) is 4.18. The molecule has 0 aliphatic carbocycles. The van der Waals surface area contributed by atoms with E-state index in [0.717, 1.165) is 22.8 Å². The number of anilines is 1. The number of benzene rings is 1. The zero-order valence-corrected chi connectivity index (χ0v) is 15.6. The second-order valence-electron chi connectivity index (χ2n) is 5.22. The molecule has 0 radical (unpaired) electrons. The molecule has 0 fully saturated rings. The Kier molecular flexibility index (Phi) is 5.34. The van der Waals surface area contributed by atoms with Gasteiger partial charge in [0.15, 0.2) is 16.1 Å². The van der Waals surface area contributed by atoms with Crippen LogP contribution in [0.15, 0.2) is 34.8 Å². The maximum atomic E-state index is 12.0. The van der Waals surface area contributed by atoms with Crippen LogP contribution in [0.4, 0.5) is 5.13 Å². The van der Waals surface area contributed by atoms with Crippen LogP contribution in [0.5, 0.6) is 5.75 Å². The number of methoxy groups -OCH3 is 1. The number of aromatic nitrogens is 4. The molecule has 0 aliphatic heterocycles. The van der Waals surface area contributed by atoms with Crippen LogP contribution in [0.2, 0.25) is 0 Å². The smallest absolute Gasteiger partial charge is 0.236 e. The summed E-state index contributed by atoms with van der Waals surface area (Å²) in [6.07, 6.45) is 0. The van der Waals surface area contributed by atoms with E-state index in [0.29, 0.717) is 10.3 Å². The van der Waals surface area contributed by atoms with Gasteiger partial charge in [-0.05, 0) is 31.2 Å². The Labute approximate surface area is 153 Å². The molecule has 1 amide bonds. The molecule has 0 saturated carbocycles. The van der Waals surface area contributed by atoms with Gasteiger partial charge in [-0.25, -0.2) is 4.98 Å². The highest BCUT2D eigenvalue weighted by Gasteiger charge is 2.13. The van der Waals surface area contributed by atoms with Gasteiger partial charge in [0.05, 0.1) is 18.6 Å². The van der Waals surface area contributed by atoms with Crippen LogP contribution >= 0.6 is 23.1 Å². The number of aryl methyl sites for hydroxylation is 1. The van der Waals surface area contributed by atoms with E-state index in [1.807, 2.05) is 48.2 Å². The van der Waals surface area contributed by atoms with Crippen molar-refractivity contribution in [3.63, 3.8) is 0 Å². The fourth-order valence-electron chi connectivity index (χ4n) is 2.13. The quantitative estimate of drug-likeness (QED) is 0.667. The average molecular weight is 375 g/mol. The standard InChI is InChI=1S/C16H17N5O2S2/c1-10-8-24-15(17-10)18-13(22)9-25-16-20-19-14(21(16)2)11-4-6-12(23-3)7-5-11/h4-8H,9H2,1-3H3,(H,17,18,22). The minimum absolute atomic E-state index is 0.117. The van der Waals surface area contributed by atoms with Crippen molar-refractivity contribution in [1.82, 2.24) is 19.7 Å². The maximum Gasteiger partial charge on any atom is 0.236 e. The Morgan fingerprint density at radius 1 is 1.32 bits per heavy atom. The van der Waals surface area contributed by atoms with Gasteiger partial charge in [0.25, 0.3) is 0 Å². The molecule has 25 heavy (non-hydrogen) atoms. The SMILES string of the molecule is COc1ccc(-c2nnc(SCC(=O)Nc3nc(C)cs3)n2C)cc1. The number of rotatable bonds is 6. The molecule has 2 heterocycles. The zero-order chi connectivity index (χ0) is 17.8. The van der Waals surface area contributed by atoms with E-state index in [2.05, 4.69) is 20.5 Å². The van der Waals surface area contributed by atoms with Gasteiger partial charge < -0.3 is 14.6 Å². The summed E-state index contributed by atoms with van der Waals surface area (Å²) in [6, 6.07) is 7.60. The lowest BCUT2D eigenvalue weighted by Gasteiger charge is -2.05. The van der Waals surface area contributed by atoms with Gasteiger partial charge in [-0.1, -0.05) is 11.8 Å². The summed E-state index contributed by atoms with van der Waals surface area (Å²) in [7, 11) is 3.51. The van der Waals surface area contributed by atoms with Crippen LogP contribution in [0.3, 0.4) is 0 Å². The Morgan fingerprint density at radius 3 is 2.72 bits per heavy atom. The van der Waals surface area contributed by atoms with E-state index in [1.54, 1.807) is 7.11 Å². The Morgan fingerprint density at radius 2 is 2.08 bits per heavy atom. The molecule has 0 bridgehead atoms. The predicted octanol–water partition coefficient (Wildman–Crippen LogP) is 2.99. The van der Waals surface area contributed by atoms with E-state index in [4.69, 9.17) is 4.74 Å². The van der Waals surface area contributed by atoms with E-state index in [9.17, 15) is 4.79 Å². The first-order valence-electron chi connectivity index (χ1n) is 7.45. The van der Waals surface area contributed by atoms with Crippen molar-refractivity contribution in [1.29, 1.82) is 0 Å². The van der Waals surface area contributed by atoms with Crippen molar-refractivity contribution >= 4 is 34.1 Å². The van der Waals surface area contributed by atoms with Gasteiger partial charge in [0.2, 0.25) is 5.91 Å². The summed E-state index contributed by atoms with van der Waals surface area (Å²) in [4.78, 5) is 16.2. The van der Waals surface area contributed by atoms with Crippen LogP contribution in [-0.4, -0.2) is 38.5 Å². The topological polar surface area (TPSA) is 81.9 Å². The van der Waals surface area contributed by atoms with Crippen LogP contribution in [0, 0.1) is 6.92 Å². The third-order valence-corrected chi connectivity index (χ3v) is 5.28. The first-order valence-corrected chi connectivity index (χ1v) is 9.32. The molecular weight excluding hydrogens is 358 g/mol. The van der Waals surface area contributed by atoms with E-state index in [-0.39, 0.29) is 11.7 Å². The molecule has 1 aromatic carbocycles. The molecule has 130 valence electrons. The summed E-state index contributed by atoms with van der Waals surface area (Å²) < 4.78 is 7.03. The highest BCUT2D eigenvalue weighted by Crippen LogP contribution is 2.24. The van der Waals surface area contributed by atoms with Gasteiger partial charge in [0, 0.05) is 18.0 Å². The van der Waals surface area contributed by atoms with Crippen molar-refractivity contribution in [3.05, 3.63) is 35.3 Å². The Bertz CT molecular complexity index is 873. The molecule has 3 rings (SSSR count). The number of amides is 1. The van der Waals surface area contributed by atoms with Gasteiger partial charge >= 0.3 is 0 Å². The Balaban J connectivity index is 1.63. The fourth-order valence-corrected chi connectivity index (χ4v) is 3.54. The number of nitrogens with zero attached hydrogens (tertiary/aromatic N) is 4. The fraction of sp³-hybridized carbons (Fsp3) is 0.250. The molecule has 1 N–H and O–H groups in total. The van der Waals surface area contributed by atoms with E-state index in [1.165, 1.54) is 23.1 Å². The third-order valence-electron chi connectivity index (χ3n) is 3.38. The summed E-state index contributed by atoms with van der Waals surface area (Å²) in [5, 5.41) is 14.3. The lowest BCUT2D eigenvalue weighted by atomic mass is 10.2. The summed E-state index contributed by atoms with van der Waals surface area (Å²) >= 11 is 2.75. The van der Waals surface area contributed by atoms with Crippen molar-refractivity contribution in [2.75, 3.05) is 18.2 Å². The lowest BCUT2D eigenvalue weighted by Crippen LogP contribution is -2.14. The number of nitrogens with one attached hydrogen (secondary N) is 1. The van der Waals surface area contributed by atoms with Crippen LogP contribution in [0.1, 0.15) is 5.69 Å². The molecule has 2 aromatic heterocycles. The van der Waals surface area contributed by atoms with Gasteiger partial charge in [0.1, 0.15) is 5.75 Å². The maximum absolute atomic E-state index is 12.0.